The summed E-state index contributed by atoms with van der Waals surface area (Å²) in [4.78, 5) is 15.8. The molecule has 0 aliphatic rings. The highest BCUT2D eigenvalue weighted by atomic mass is 16.5. The summed E-state index contributed by atoms with van der Waals surface area (Å²) in [6, 6.07) is 13.2. The minimum atomic E-state index is -0.331. The van der Waals surface area contributed by atoms with Gasteiger partial charge in [-0.25, -0.2) is 4.79 Å². The third-order valence-electron chi connectivity index (χ3n) is 3.26. The molecule has 0 amide bonds. The second-order valence-corrected chi connectivity index (χ2v) is 4.59. The van der Waals surface area contributed by atoms with Gasteiger partial charge in [0.1, 0.15) is 0 Å². The maximum absolute atomic E-state index is 11.3. The van der Waals surface area contributed by atoms with Gasteiger partial charge in [-0.1, -0.05) is 24.3 Å². The minimum absolute atomic E-state index is 0.331. The lowest BCUT2D eigenvalue weighted by atomic mass is 10.1. The van der Waals surface area contributed by atoms with E-state index >= 15 is 0 Å². The number of ether oxygens (including phenoxy) is 1. The summed E-state index contributed by atoms with van der Waals surface area (Å²) in [6.45, 7) is 4.13. The van der Waals surface area contributed by atoms with Gasteiger partial charge < -0.3 is 4.74 Å². The molecule has 3 heteroatoms. The Bertz CT molecular complexity index is 643. The molecule has 0 saturated carbocycles. The van der Waals surface area contributed by atoms with E-state index in [1.54, 1.807) is 18.3 Å². The summed E-state index contributed by atoms with van der Waals surface area (Å²) in [5.41, 5.74) is 4.84. The second-order valence-electron chi connectivity index (χ2n) is 4.59. The average molecular weight is 267 g/mol. The molecule has 0 atom stereocenters. The van der Waals surface area contributed by atoms with Crippen molar-refractivity contribution in [3.63, 3.8) is 0 Å². The lowest BCUT2D eigenvalue weighted by Gasteiger charge is -2.03. The Morgan fingerprint density at radius 2 is 1.80 bits per heavy atom. The molecule has 0 spiro atoms. The number of carbonyl (C=O) groups is 1. The Morgan fingerprint density at radius 3 is 2.45 bits per heavy atom. The summed E-state index contributed by atoms with van der Waals surface area (Å²) in [7, 11) is 1.37. The molecular weight excluding hydrogens is 250 g/mol. The van der Waals surface area contributed by atoms with Crippen LogP contribution in [0.1, 0.15) is 27.0 Å². The Labute approximate surface area is 118 Å². The molecule has 3 nitrogen and oxygen atoms in total. The SMILES string of the molecule is COC(=O)c1ccc(/C=N/c2cccc(C)c2C)cc1. The molecule has 0 aliphatic carbocycles. The van der Waals surface area contributed by atoms with E-state index in [-0.39, 0.29) is 5.97 Å². The van der Waals surface area contributed by atoms with E-state index in [9.17, 15) is 4.79 Å². The van der Waals surface area contributed by atoms with Crippen LogP contribution in [-0.2, 0) is 4.74 Å². The predicted octanol–water partition coefficient (Wildman–Crippen LogP) is 3.84. The number of aryl methyl sites for hydroxylation is 1. The van der Waals surface area contributed by atoms with Gasteiger partial charge in [-0.2, -0.15) is 0 Å². The molecule has 0 radical (unpaired) electrons. The number of hydrogen-bond acceptors (Lipinski definition) is 3. The average Bonchev–Trinajstić information content (AvgIpc) is 2.48. The molecule has 2 aromatic carbocycles. The number of carbonyl (C=O) groups excluding carboxylic acids is 1. The Balaban J connectivity index is 2.19. The summed E-state index contributed by atoms with van der Waals surface area (Å²) in [6.07, 6.45) is 1.79. The molecule has 2 aromatic rings. The standard InChI is InChI=1S/C17H17NO2/c1-12-5-4-6-16(13(12)2)18-11-14-7-9-15(10-8-14)17(19)20-3/h4-11H,1-3H3/b18-11+. The number of esters is 1. The van der Waals surface area contributed by atoms with Crippen LogP contribution in [0.2, 0.25) is 0 Å². The molecule has 2 rings (SSSR count). The molecule has 0 fully saturated rings. The first kappa shape index (κ1) is 14.0. The van der Waals surface area contributed by atoms with E-state index in [4.69, 9.17) is 0 Å². The van der Waals surface area contributed by atoms with Gasteiger partial charge >= 0.3 is 5.97 Å². The van der Waals surface area contributed by atoms with Gasteiger partial charge in [0, 0.05) is 6.21 Å². The maximum Gasteiger partial charge on any atom is 0.337 e. The van der Waals surface area contributed by atoms with Crippen molar-refractivity contribution in [1.82, 2.24) is 0 Å². The Hall–Kier alpha value is -2.42. The van der Waals surface area contributed by atoms with E-state index < -0.39 is 0 Å². The third-order valence-corrected chi connectivity index (χ3v) is 3.26. The van der Waals surface area contributed by atoms with Crippen molar-refractivity contribution in [2.45, 2.75) is 13.8 Å². The van der Waals surface area contributed by atoms with Crippen LogP contribution in [0.4, 0.5) is 5.69 Å². The van der Waals surface area contributed by atoms with E-state index in [1.165, 1.54) is 18.2 Å². The molecule has 0 N–H and O–H groups in total. The van der Waals surface area contributed by atoms with Gasteiger partial charge in [0.15, 0.2) is 0 Å². The van der Waals surface area contributed by atoms with Gasteiger partial charge in [-0.05, 0) is 48.7 Å². The highest BCUT2D eigenvalue weighted by molar-refractivity contribution is 5.91. The summed E-state index contributed by atoms with van der Waals surface area (Å²) >= 11 is 0. The largest absolute Gasteiger partial charge is 0.465 e. The van der Waals surface area contributed by atoms with Gasteiger partial charge in [0.25, 0.3) is 0 Å². The fourth-order valence-electron chi connectivity index (χ4n) is 1.84. The molecule has 0 heterocycles. The number of benzene rings is 2. The van der Waals surface area contributed by atoms with Crippen molar-refractivity contribution in [3.05, 3.63) is 64.7 Å². The fourth-order valence-corrected chi connectivity index (χ4v) is 1.84. The van der Waals surface area contributed by atoms with E-state index in [0.29, 0.717) is 5.56 Å². The topological polar surface area (TPSA) is 38.7 Å². The van der Waals surface area contributed by atoms with Crippen molar-refractivity contribution in [3.8, 4) is 0 Å². The molecule has 102 valence electrons. The molecular formula is C17H17NO2. The van der Waals surface area contributed by atoms with E-state index in [1.807, 2.05) is 24.3 Å². The van der Waals surface area contributed by atoms with Crippen LogP contribution in [0.15, 0.2) is 47.5 Å². The summed E-state index contributed by atoms with van der Waals surface area (Å²) in [5, 5.41) is 0. The van der Waals surface area contributed by atoms with Gasteiger partial charge in [0.2, 0.25) is 0 Å². The quantitative estimate of drug-likeness (QED) is 0.626. The first-order valence-electron chi connectivity index (χ1n) is 6.40. The predicted molar refractivity (Wildman–Crippen MR) is 81.0 cm³/mol. The van der Waals surface area contributed by atoms with Crippen molar-refractivity contribution >= 4 is 17.9 Å². The van der Waals surface area contributed by atoms with Crippen LogP contribution < -0.4 is 0 Å². The molecule has 0 bridgehead atoms. The van der Waals surface area contributed by atoms with Gasteiger partial charge in [-0.3, -0.25) is 4.99 Å². The minimum Gasteiger partial charge on any atom is -0.465 e. The third kappa shape index (κ3) is 3.12. The zero-order valence-electron chi connectivity index (χ0n) is 11.9. The molecule has 0 aliphatic heterocycles. The second kappa shape index (κ2) is 6.15. The highest BCUT2D eigenvalue weighted by Crippen LogP contribution is 2.21. The van der Waals surface area contributed by atoms with Gasteiger partial charge in [0.05, 0.1) is 18.4 Å². The van der Waals surface area contributed by atoms with Crippen LogP contribution in [0, 0.1) is 13.8 Å². The number of aliphatic imine (C=N–C) groups is 1. The van der Waals surface area contributed by atoms with Gasteiger partial charge in [-0.15, -0.1) is 0 Å². The van der Waals surface area contributed by atoms with Crippen LogP contribution in [0.5, 0.6) is 0 Å². The monoisotopic (exact) mass is 267 g/mol. The zero-order valence-corrected chi connectivity index (χ0v) is 11.9. The smallest absolute Gasteiger partial charge is 0.337 e. The molecule has 0 aromatic heterocycles. The van der Waals surface area contributed by atoms with Crippen molar-refractivity contribution in [1.29, 1.82) is 0 Å². The first-order chi connectivity index (χ1) is 9.61. The Kier molecular flexibility index (Phi) is 4.31. The fraction of sp³-hybridized carbons (Fsp3) is 0.176. The molecule has 0 saturated heterocycles. The van der Waals surface area contributed by atoms with Crippen molar-refractivity contribution in [2.24, 2.45) is 4.99 Å². The van der Waals surface area contributed by atoms with E-state index in [2.05, 4.69) is 29.6 Å². The zero-order chi connectivity index (χ0) is 14.5. The molecule has 20 heavy (non-hydrogen) atoms. The number of methoxy groups -OCH3 is 1. The van der Waals surface area contributed by atoms with Crippen molar-refractivity contribution in [2.75, 3.05) is 7.11 Å². The number of hydrogen-bond donors (Lipinski definition) is 0. The van der Waals surface area contributed by atoms with Crippen LogP contribution in [0.25, 0.3) is 0 Å². The maximum atomic E-state index is 11.3. The molecule has 0 unspecified atom stereocenters. The summed E-state index contributed by atoms with van der Waals surface area (Å²) in [5.74, 6) is -0.331. The normalized spacial score (nSPS) is 10.8. The van der Waals surface area contributed by atoms with Crippen molar-refractivity contribution < 1.29 is 9.53 Å². The number of nitrogens with zero attached hydrogens (tertiary/aromatic N) is 1. The highest BCUT2D eigenvalue weighted by Gasteiger charge is 2.03. The first-order valence-corrected chi connectivity index (χ1v) is 6.40. The lowest BCUT2D eigenvalue weighted by Crippen LogP contribution is -2.00. The van der Waals surface area contributed by atoms with Crippen LogP contribution in [-0.4, -0.2) is 19.3 Å². The van der Waals surface area contributed by atoms with Crippen LogP contribution in [0.3, 0.4) is 0 Å². The Morgan fingerprint density at radius 1 is 1.10 bits per heavy atom. The van der Waals surface area contributed by atoms with E-state index in [0.717, 1.165) is 11.3 Å². The number of rotatable bonds is 3. The summed E-state index contributed by atoms with van der Waals surface area (Å²) < 4.78 is 4.66. The van der Waals surface area contributed by atoms with Crippen LogP contribution >= 0.6 is 0 Å². The lowest BCUT2D eigenvalue weighted by molar-refractivity contribution is 0.0601.